The van der Waals surface area contributed by atoms with Gasteiger partial charge in [-0.15, -0.1) is 0 Å². The van der Waals surface area contributed by atoms with Gasteiger partial charge in [-0.1, -0.05) is 6.07 Å². The van der Waals surface area contributed by atoms with E-state index in [4.69, 9.17) is 4.99 Å². The summed E-state index contributed by atoms with van der Waals surface area (Å²) < 4.78 is 26.4. The third-order valence-corrected chi connectivity index (χ3v) is 5.03. The van der Waals surface area contributed by atoms with E-state index in [2.05, 4.69) is 10.6 Å². The Balaban J connectivity index is 1.64. The van der Waals surface area contributed by atoms with Crippen molar-refractivity contribution in [2.24, 2.45) is 16.3 Å². The van der Waals surface area contributed by atoms with Crippen LogP contribution in [-0.2, 0) is 0 Å². The van der Waals surface area contributed by atoms with E-state index in [1.807, 2.05) is 13.8 Å². The van der Waals surface area contributed by atoms with Crippen LogP contribution in [0, 0.1) is 23.0 Å². The smallest absolute Gasteiger partial charge is 0.191 e. The van der Waals surface area contributed by atoms with Gasteiger partial charge >= 0.3 is 0 Å². The second-order valence-electron chi connectivity index (χ2n) is 6.87. The molecule has 2 aliphatic rings. The average Bonchev–Trinajstić information content (AvgIpc) is 3.40. The average molecular weight is 321 g/mol. The van der Waals surface area contributed by atoms with E-state index in [-0.39, 0.29) is 6.04 Å². The van der Waals surface area contributed by atoms with E-state index in [1.165, 1.54) is 37.8 Å². The molecule has 5 heteroatoms. The minimum absolute atomic E-state index is 0.140. The molecule has 0 bridgehead atoms. The van der Waals surface area contributed by atoms with Gasteiger partial charge in [0.25, 0.3) is 0 Å². The Hall–Kier alpha value is -1.65. The number of hydrogen-bond acceptors (Lipinski definition) is 1. The van der Waals surface area contributed by atoms with Crippen molar-refractivity contribution in [3.63, 3.8) is 0 Å². The van der Waals surface area contributed by atoms with Crippen LogP contribution < -0.4 is 10.6 Å². The van der Waals surface area contributed by atoms with Crippen molar-refractivity contribution in [2.45, 2.75) is 45.6 Å². The second kappa shape index (κ2) is 6.46. The van der Waals surface area contributed by atoms with Crippen LogP contribution in [0.1, 0.15) is 51.1 Å². The zero-order valence-corrected chi connectivity index (χ0v) is 13.8. The molecule has 1 aromatic rings. The Morgan fingerprint density at radius 3 is 2.61 bits per heavy atom. The van der Waals surface area contributed by atoms with E-state index in [0.29, 0.717) is 11.0 Å². The van der Waals surface area contributed by atoms with Gasteiger partial charge in [0.2, 0.25) is 0 Å². The normalized spacial score (nSPS) is 21.0. The van der Waals surface area contributed by atoms with Crippen LogP contribution in [0.15, 0.2) is 23.2 Å². The van der Waals surface area contributed by atoms with Gasteiger partial charge in [0, 0.05) is 13.1 Å². The fourth-order valence-corrected chi connectivity index (χ4v) is 3.18. The molecular formula is C18H25F2N3. The Bertz CT molecular complexity index is 592. The van der Waals surface area contributed by atoms with Crippen molar-refractivity contribution >= 4 is 5.96 Å². The van der Waals surface area contributed by atoms with Gasteiger partial charge in [-0.25, -0.2) is 8.78 Å². The first-order chi connectivity index (χ1) is 11.0. The van der Waals surface area contributed by atoms with Gasteiger partial charge in [-0.2, -0.15) is 0 Å². The van der Waals surface area contributed by atoms with E-state index in [1.54, 1.807) is 6.07 Å². The molecule has 0 aliphatic heterocycles. The SMILES string of the molecule is CCNC(=NCC1(C2CC2)CC1)NC(C)c1ccc(F)c(F)c1. The summed E-state index contributed by atoms with van der Waals surface area (Å²) in [6, 6.07) is 3.87. The highest BCUT2D eigenvalue weighted by molar-refractivity contribution is 5.80. The van der Waals surface area contributed by atoms with E-state index >= 15 is 0 Å². The molecule has 126 valence electrons. The molecule has 3 nitrogen and oxygen atoms in total. The van der Waals surface area contributed by atoms with Crippen molar-refractivity contribution in [2.75, 3.05) is 13.1 Å². The maximum atomic E-state index is 13.4. The van der Waals surface area contributed by atoms with Gasteiger partial charge in [0.1, 0.15) is 0 Å². The highest BCUT2D eigenvalue weighted by atomic mass is 19.2. The van der Waals surface area contributed by atoms with E-state index < -0.39 is 11.6 Å². The Labute approximate surface area is 136 Å². The number of nitrogens with one attached hydrogen (secondary N) is 2. The molecular weight excluding hydrogens is 296 g/mol. The van der Waals surface area contributed by atoms with Gasteiger partial charge < -0.3 is 10.6 Å². The molecule has 2 N–H and O–H groups in total. The van der Waals surface area contributed by atoms with Gasteiger partial charge in [-0.3, -0.25) is 4.99 Å². The van der Waals surface area contributed by atoms with Crippen molar-refractivity contribution in [1.82, 2.24) is 10.6 Å². The summed E-state index contributed by atoms with van der Waals surface area (Å²) in [5.74, 6) is -0.0141. The predicted molar refractivity (Wildman–Crippen MR) is 88.3 cm³/mol. The lowest BCUT2D eigenvalue weighted by Crippen LogP contribution is -2.39. The second-order valence-corrected chi connectivity index (χ2v) is 6.87. The molecule has 2 fully saturated rings. The van der Waals surface area contributed by atoms with Crippen molar-refractivity contribution in [3.8, 4) is 0 Å². The number of hydrogen-bond donors (Lipinski definition) is 2. The molecule has 0 spiro atoms. The molecule has 1 aromatic carbocycles. The number of halogens is 2. The summed E-state index contributed by atoms with van der Waals surface area (Å²) in [4.78, 5) is 4.74. The topological polar surface area (TPSA) is 36.4 Å². The first kappa shape index (κ1) is 16.2. The summed E-state index contributed by atoms with van der Waals surface area (Å²) in [7, 11) is 0. The summed E-state index contributed by atoms with van der Waals surface area (Å²) >= 11 is 0. The molecule has 0 saturated heterocycles. The number of nitrogens with zero attached hydrogens (tertiary/aromatic N) is 1. The highest BCUT2D eigenvalue weighted by Crippen LogP contribution is 2.61. The quantitative estimate of drug-likeness (QED) is 0.618. The predicted octanol–water partition coefficient (Wildman–Crippen LogP) is 3.77. The fourth-order valence-electron chi connectivity index (χ4n) is 3.18. The molecule has 2 aliphatic carbocycles. The number of aliphatic imine (C=N–C) groups is 1. The lowest BCUT2D eigenvalue weighted by atomic mass is 10.0. The van der Waals surface area contributed by atoms with Crippen molar-refractivity contribution in [1.29, 1.82) is 0 Å². The summed E-state index contributed by atoms with van der Waals surface area (Å²) in [6.07, 6.45) is 5.29. The number of guanidine groups is 1. The maximum Gasteiger partial charge on any atom is 0.191 e. The molecule has 23 heavy (non-hydrogen) atoms. The maximum absolute atomic E-state index is 13.4. The van der Waals surface area contributed by atoms with Crippen LogP contribution in [-0.4, -0.2) is 19.0 Å². The first-order valence-corrected chi connectivity index (χ1v) is 8.54. The fraction of sp³-hybridized carbons (Fsp3) is 0.611. The lowest BCUT2D eigenvalue weighted by molar-refractivity contribution is 0.452. The molecule has 0 radical (unpaired) electrons. The van der Waals surface area contributed by atoms with Crippen LogP contribution in [0.25, 0.3) is 0 Å². The number of benzene rings is 1. The van der Waals surface area contributed by atoms with Gasteiger partial charge in [-0.05, 0) is 68.6 Å². The largest absolute Gasteiger partial charge is 0.357 e. The zero-order valence-electron chi connectivity index (χ0n) is 13.8. The Kier molecular flexibility index (Phi) is 4.55. The monoisotopic (exact) mass is 321 g/mol. The molecule has 1 unspecified atom stereocenters. The summed E-state index contributed by atoms with van der Waals surface area (Å²) in [5, 5.41) is 6.53. The van der Waals surface area contributed by atoms with Crippen LogP contribution in [0.3, 0.4) is 0 Å². The molecule has 0 aromatic heterocycles. The van der Waals surface area contributed by atoms with Crippen molar-refractivity contribution < 1.29 is 8.78 Å². The first-order valence-electron chi connectivity index (χ1n) is 8.54. The van der Waals surface area contributed by atoms with Crippen molar-refractivity contribution in [3.05, 3.63) is 35.4 Å². The molecule has 0 amide bonds. The molecule has 2 saturated carbocycles. The van der Waals surface area contributed by atoms with Gasteiger partial charge in [0.15, 0.2) is 17.6 Å². The third kappa shape index (κ3) is 3.82. The summed E-state index contributed by atoms with van der Waals surface area (Å²) in [5.41, 5.74) is 1.16. The van der Waals surface area contributed by atoms with Crippen LogP contribution in [0.2, 0.25) is 0 Å². The number of rotatable bonds is 6. The van der Waals surface area contributed by atoms with Gasteiger partial charge in [0.05, 0.1) is 6.04 Å². The molecule has 0 heterocycles. The standard InChI is InChI=1S/C18H25F2N3/c1-3-21-17(22-11-18(8-9-18)14-5-6-14)23-12(2)13-4-7-15(19)16(20)10-13/h4,7,10,12,14H,3,5-6,8-9,11H2,1-2H3,(H2,21,22,23). The van der Waals surface area contributed by atoms with E-state index in [9.17, 15) is 8.78 Å². The zero-order chi connectivity index (χ0) is 16.4. The lowest BCUT2D eigenvalue weighted by Gasteiger charge is -2.19. The van der Waals surface area contributed by atoms with Crippen LogP contribution in [0.4, 0.5) is 8.78 Å². The Morgan fingerprint density at radius 2 is 2.04 bits per heavy atom. The minimum Gasteiger partial charge on any atom is -0.357 e. The minimum atomic E-state index is -0.818. The summed E-state index contributed by atoms with van der Waals surface area (Å²) in [6.45, 7) is 5.57. The molecule has 1 atom stereocenters. The van der Waals surface area contributed by atoms with Crippen LogP contribution in [0.5, 0.6) is 0 Å². The van der Waals surface area contributed by atoms with Crippen LogP contribution >= 0.6 is 0 Å². The Morgan fingerprint density at radius 1 is 1.30 bits per heavy atom. The highest BCUT2D eigenvalue weighted by Gasteiger charge is 2.53. The molecule has 3 rings (SSSR count). The third-order valence-electron chi connectivity index (χ3n) is 5.03. The van der Waals surface area contributed by atoms with E-state index in [0.717, 1.165) is 25.0 Å².